The van der Waals surface area contributed by atoms with Gasteiger partial charge >= 0.3 is 0 Å². The molecule has 1 aromatic carbocycles. The van der Waals surface area contributed by atoms with Crippen LogP contribution >= 0.6 is 12.2 Å². The van der Waals surface area contributed by atoms with Crippen molar-refractivity contribution in [2.24, 2.45) is 0 Å². The lowest BCUT2D eigenvalue weighted by molar-refractivity contribution is -0.119. The number of unbranched alkanes of at least 4 members (excludes halogenated alkanes) is 1. The molecule has 0 unspecified atom stereocenters. The summed E-state index contributed by atoms with van der Waals surface area (Å²) in [6.45, 7) is 6.46. The van der Waals surface area contributed by atoms with Gasteiger partial charge in [-0.1, -0.05) is 27.2 Å². The number of carbonyl (C=O) groups is 1. The maximum Gasteiger partial charge on any atom is 0.243 e. The zero-order valence-electron chi connectivity index (χ0n) is 14.3. The third-order valence-corrected chi connectivity index (χ3v) is 5.73. The quantitative estimate of drug-likeness (QED) is 0.687. The minimum Gasteiger partial charge on any atom is -0.332 e. The van der Waals surface area contributed by atoms with Crippen molar-refractivity contribution in [2.75, 3.05) is 18.4 Å². The first-order valence-corrected chi connectivity index (χ1v) is 9.91. The Labute approximate surface area is 149 Å². The fourth-order valence-corrected chi connectivity index (χ4v) is 3.80. The van der Waals surface area contributed by atoms with Crippen LogP contribution in [0.4, 0.5) is 5.69 Å². The number of carbonyl (C=O) groups excluding carboxylic acids is 1. The summed E-state index contributed by atoms with van der Waals surface area (Å²) in [4.78, 5) is 11.8. The molecule has 2 N–H and O–H groups in total. The number of thiocarbonyl (C=S) groups is 1. The fraction of sp³-hybridized carbons (Fsp3) is 0.500. The molecule has 0 fully saturated rings. The lowest BCUT2D eigenvalue weighted by Gasteiger charge is -2.18. The van der Waals surface area contributed by atoms with E-state index >= 15 is 0 Å². The van der Waals surface area contributed by atoms with Crippen molar-refractivity contribution in [2.45, 2.75) is 44.9 Å². The number of hydrogen-bond donors (Lipinski definition) is 2. The smallest absolute Gasteiger partial charge is 0.243 e. The number of nitrogens with one attached hydrogen (secondary N) is 2. The van der Waals surface area contributed by atoms with E-state index in [-0.39, 0.29) is 15.9 Å². The predicted molar refractivity (Wildman–Crippen MR) is 100 cm³/mol. The van der Waals surface area contributed by atoms with Gasteiger partial charge in [0, 0.05) is 25.2 Å². The molecule has 0 aliphatic rings. The van der Waals surface area contributed by atoms with E-state index in [1.807, 2.05) is 6.92 Å². The molecule has 1 amide bonds. The van der Waals surface area contributed by atoms with Crippen LogP contribution in [0.25, 0.3) is 0 Å². The van der Waals surface area contributed by atoms with E-state index in [1.165, 1.54) is 16.4 Å². The minimum atomic E-state index is -3.47. The highest BCUT2D eigenvalue weighted by atomic mass is 32.2. The molecule has 0 spiro atoms. The van der Waals surface area contributed by atoms with Crippen molar-refractivity contribution >= 4 is 38.9 Å². The van der Waals surface area contributed by atoms with Crippen LogP contribution in [0.3, 0.4) is 0 Å². The van der Waals surface area contributed by atoms with Crippen LogP contribution in [0.5, 0.6) is 0 Å². The Morgan fingerprint density at radius 2 is 1.71 bits per heavy atom. The zero-order chi connectivity index (χ0) is 18.2. The topological polar surface area (TPSA) is 78.5 Å². The molecule has 0 aliphatic heterocycles. The van der Waals surface area contributed by atoms with Gasteiger partial charge in [0.2, 0.25) is 15.9 Å². The van der Waals surface area contributed by atoms with Crippen molar-refractivity contribution in [3.8, 4) is 0 Å². The maximum absolute atomic E-state index is 12.4. The summed E-state index contributed by atoms with van der Waals surface area (Å²) in [5.41, 5.74) is 0.620. The van der Waals surface area contributed by atoms with Gasteiger partial charge in [0.05, 0.1) is 4.90 Å². The number of rotatable bonds is 8. The third kappa shape index (κ3) is 5.85. The van der Waals surface area contributed by atoms with Crippen LogP contribution in [-0.4, -0.2) is 36.8 Å². The minimum absolute atomic E-state index is 0.130. The summed E-state index contributed by atoms with van der Waals surface area (Å²) >= 11 is 5.08. The second-order valence-electron chi connectivity index (χ2n) is 5.22. The van der Waals surface area contributed by atoms with E-state index in [0.717, 1.165) is 12.8 Å². The van der Waals surface area contributed by atoms with Crippen molar-refractivity contribution in [3.05, 3.63) is 24.3 Å². The van der Waals surface area contributed by atoms with E-state index in [4.69, 9.17) is 12.2 Å². The molecule has 24 heavy (non-hydrogen) atoms. The van der Waals surface area contributed by atoms with Gasteiger partial charge in [0.25, 0.3) is 0 Å². The van der Waals surface area contributed by atoms with E-state index in [9.17, 15) is 13.2 Å². The van der Waals surface area contributed by atoms with Gasteiger partial charge in [-0.05, 0) is 42.9 Å². The molecule has 0 aromatic heterocycles. The molecule has 0 aliphatic carbocycles. The monoisotopic (exact) mass is 371 g/mol. The molecule has 0 saturated carbocycles. The van der Waals surface area contributed by atoms with Gasteiger partial charge in [-0.2, -0.15) is 4.31 Å². The van der Waals surface area contributed by atoms with E-state index < -0.39 is 10.0 Å². The van der Waals surface area contributed by atoms with Crippen LogP contribution in [0.15, 0.2) is 29.2 Å². The second kappa shape index (κ2) is 9.71. The van der Waals surface area contributed by atoms with Crippen molar-refractivity contribution in [1.82, 2.24) is 9.62 Å². The normalized spacial score (nSPS) is 11.3. The largest absolute Gasteiger partial charge is 0.332 e. The molecule has 8 heteroatoms. The van der Waals surface area contributed by atoms with Gasteiger partial charge in [-0.15, -0.1) is 0 Å². The van der Waals surface area contributed by atoms with Crippen LogP contribution in [0.2, 0.25) is 0 Å². The average molecular weight is 372 g/mol. The first-order chi connectivity index (χ1) is 11.3. The van der Waals surface area contributed by atoms with Gasteiger partial charge < -0.3 is 10.6 Å². The Hall–Kier alpha value is -1.51. The van der Waals surface area contributed by atoms with Crippen LogP contribution in [-0.2, 0) is 14.8 Å². The fourth-order valence-electron chi connectivity index (χ4n) is 2.11. The molecular formula is C16H25N3O3S2. The number of benzene rings is 1. The number of sulfonamides is 1. The number of anilines is 1. The third-order valence-electron chi connectivity index (χ3n) is 3.47. The Morgan fingerprint density at radius 1 is 1.12 bits per heavy atom. The van der Waals surface area contributed by atoms with E-state index in [0.29, 0.717) is 25.2 Å². The Morgan fingerprint density at radius 3 is 2.21 bits per heavy atom. The van der Waals surface area contributed by atoms with Crippen molar-refractivity contribution in [1.29, 1.82) is 0 Å². The first-order valence-electron chi connectivity index (χ1n) is 8.06. The molecule has 0 radical (unpaired) electrons. The van der Waals surface area contributed by atoms with Crippen LogP contribution < -0.4 is 10.6 Å². The van der Waals surface area contributed by atoms with Gasteiger partial charge in [0.15, 0.2) is 5.11 Å². The van der Waals surface area contributed by atoms with Gasteiger partial charge in [-0.3, -0.25) is 4.79 Å². The number of amides is 1. The van der Waals surface area contributed by atoms with E-state index in [1.54, 1.807) is 26.0 Å². The van der Waals surface area contributed by atoms with Gasteiger partial charge in [0.1, 0.15) is 0 Å². The Bertz CT molecular complexity index is 654. The average Bonchev–Trinajstić information content (AvgIpc) is 2.54. The predicted octanol–water partition coefficient (Wildman–Crippen LogP) is 2.72. The van der Waals surface area contributed by atoms with Crippen LogP contribution in [0, 0.1) is 0 Å². The van der Waals surface area contributed by atoms with Gasteiger partial charge in [-0.25, -0.2) is 8.42 Å². The standard InChI is InChI=1S/C16H25N3O3S2/c1-4-7-8-15(20)18-16(23)17-13-9-11-14(12-10-13)24(21,22)19(5-2)6-3/h9-12H,4-8H2,1-3H3,(H2,17,18,20,23). The molecule has 6 nitrogen and oxygen atoms in total. The van der Waals surface area contributed by atoms with E-state index in [2.05, 4.69) is 10.6 Å². The summed E-state index contributed by atoms with van der Waals surface area (Å²) in [5.74, 6) is -0.130. The molecule has 1 aromatic rings. The zero-order valence-corrected chi connectivity index (χ0v) is 16.0. The maximum atomic E-state index is 12.4. The molecule has 1 rings (SSSR count). The lowest BCUT2D eigenvalue weighted by atomic mass is 10.2. The molecular weight excluding hydrogens is 346 g/mol. The highest BCUT2D eigenvalue weighted by molar-refractivity contribution is 7.89. The first kappa shape index (κ1) is 20.5. The molecule has 0 atom stereocenters. The molecule has 0 saturated heterocycles. The highest BCUT2D eigenvalue weighted by Gasteiger charge is 2.21. The second-order valence-corrected chi connectivity index (χ2v) is 7.57. The number of hydrogen-bond acceptors (Lipinski definition) is 4. The van der Waals surface area contributed by atoms with Crippen molar-refractivity contribution in [3.63, 3.8) is 0 Å². The van der Waals surface area contributed by atoms with Crippen LogP contribution in [0.1, 0.15) is 40.0 Å². The highest BCUT2D eigenvalue weighted by Crippen LogP contribution is 2.18. The lowest BCUT2D eigenvalue weighted by Crippen LogP contribution is -2.34. The van der Waals surface area contributed by atoms with Crippen molar-refractivity contribution < 1.29 is 13.2 Å². The summed E-state index contributed by atoms with van der Waals surface area (Å²) < 4.78 is 26.2. The molecule has 0 heterocycles. The Kier molecular flexibility index (Phi) is 8.30. The summed E-state index contributed by atoms with van der Waals surface area (Å²) in [6, 6.07) is 6.30. The SMILES string of the molecule is CCCCC(=O)NC(=S)Nc1ccc(S(=O)(=O)N(CC)CC)cc1. The molecule has 134 valence electrons. The summed E-state index contributed by atoms with van der Waals surface area (Å²) in [6.07, 6.45) is 2.18. The number of nitrogens with zero attached hydrogens (tertiary/aromatic N) is 1. The summed E-state index contributed by atoms with van der Waals surface area (Å²) in [5, 5.41) is 5.68. The molecule has 0 bridgehead atoms. The summed E-state index contributed by atoms with van der Waals surface area (Å²) in [7, 11) is -3.47. The Balaban J connectivity index is 2.71.